The van der Waals surface area contributed by atoms with E-state index in [-0.39, 0.29) is 11.7 Å². The molecule has 1 N–H and O–H groups in total. The minimum Gasteiger partial charge on any atom is -0.493 e. The Bertz CT molecular complexity index is 1250. The molecule has 9 heteroatoms. The lowest BCUT2D eigenvalue weighted by atomic mass is 9.78. The summed E-state index contributed by atoms with van der Waals surface area (Å²) in [5.41, 5.74) is 3.37. The summed E-state index contributed by atoms with van der Waals surface area (Å²) >= 11 is 12.4. The molecule has 3 aromatic rings. The molecular formula is C23H20Cl2N4O3. The number of carbonyl (C=O) groups is 1. The number of Topliss-reactive ketones (excluding diaryl/α,β-unsaturated/α-hetero) is 1. The Morgan fingerprint density at radius 1 is 1.00 bits per heavy atom. The average molecular weight is 471 g/mol. The number of hydrogen-bond acceptors (Lipinski definition) is 6. The van der Waals surface area contributed by atoms with Gasteiger partial charge in [-0.15, -0.1) is 0 Å². The lowest BCUT2D eigenvalue weighted by Crippen LogP contribution is -2.33. The number of nitrogens with one attached hydrogen (secondary N) is 1. The Labute approximate surface area is 195 Å². The Balaban J connectivity index is 1.56. The van der Waals surface area contributed by atoms with Crippen LogP contribution in [0.2, 0.25) is 10.0 Å². The number of ether oxygens (including phenoxy) is 2. The van der Waals surface area contributed by atoms with Gasteiger partial charge in [0.15, 0.2) is 17.3 Å². The molecule has 0 fully saturated rings. The molecule has 2 aliphatic rings. The van der Waals surface area contributed by atoms with Crippen LogP contribution in [0.5, 0.6) is 11.5 Å². The first kappa shape index (κ1) is 20.8. The summed E-state index contributed by atoms with van der Waals surface area (Å²) in [5, 5.41) is 8.57. The fraction of sp³-hybridized carbons (Fsp3) is 0.261. The third-order valence-corrected chi connectivity index (χ3v) is 6.74. The number of anilines is 1. The summed E-state index contributed by atoms with van der Waals surface area (Å²) in [6.45, 7) is 0. The average Bonchev–Trinajstić information content (AvgIpc) is 3.27. The van der Waals surface area contributed by atoms with E-state index in [1.165, 1.54) is 6.33 Å². The van der Waals surface area contributed by atoms with Crippen LogP contribution in [0.4, 0.5) is 5.95 Å². The summed E-state index contributed by atoms with van der Waals surface area (Å²) in [4.78, 5) is 17.8. The largest absolute Gasteiger partial charge is 0.493 e. The predicted molar refractivity (Wildman–Crippen MR) is 122 cm³/mol. The maximum absolute atomic E-state index is 13.5. The van der Waals surface area contributed by atoms with E-state index >= 15 is 0 Å². The topological polar surface area (TPSA) is 78.3 Å². The quantitative estimate of drug-likeness (QED) is 0.576. The second-order valence-corrected chi connectivity index (χ2v) is 8.58. The summed E-state index contributed by atoms with van der Waals surface area (Å²) in [5.74, 6) is 1.93. The molecule has 32 heavy (non-hydrogen) atoms. The van der Waals surface area contributed by atoms with Crippen LogP contribution in [0.15, 0.2) is 54.0 Å². The molecule has 0 bridgehead atoms. The van der Waals surface area contributed by atoms with Crippen molar-refractivity contribution in [3.8, 4) is 11.5 Å². The van der Waals surface area contributed by atoms with Crippen LogP contribution in [0, 0.1) is 0 Å². The van der Waals surface area contributed by atoms with E-state index in [2.05, 4.69) is 15.4 Å². The van der Waals surface area contributed by atoms with Crippen molar-refractivity contribution in [1.82, 2.24) is 14.8 Å². The molecule has 7 nitrogen and oxygen atoms in total. The van der Waals surface area contributed by atoms with Crippen LogP contribution < -0.4 is 14.8 Å². The lowest BCUT2D eigenvalue weighted by molar-refractivity contribution is -0.116. The van der Waals surface area contributed by atoms with Crippen molar-refractivity contribution in [3.63, 3.8) is 0 Å². The van der Waals surface area contributed by atoms with Gasteiger partial charge in [0.05, 0.1) is 24.3 Å². The van der Waals surface area contributed by atoms with Crippen molar-refractivity contribution in [2.45, 2.75) is 24.8 Å². The minimum absolute atomic E-state index is 0.00233. The number of nitrogens with zero attached hydrogens (tertiary/aromatic N) is 3. The van der Waals surface area contributed by atoms with Crippen LogP contribution in [0.1, 0.15) is 35.9 Å². The van der Waals surface area contributed by atoms with Crippen molar-refractivity contribution in [3.05, 3.63) is 75.2 Å². The fourth-order valence-electron chi connectivity index (χ4n) is 4.48. The molecule has 5 rings (SSSR count). The summed E-state index contributed by atoms with van der Waals surface area (Å²) in [6, 6.07) is 10.7. The van der Waals surface area contributed by atoms with Crippen LogP contribution in [0.25, 0.3) is 0 Å². The number of benzene rings is 2. The molecule has 1 aromatic heterocycles. The standard InChI is InChI=1S/C23H20Cl2N4O3/c1-31-19-6-4-12(10-20(19)32-2)14-8-17-21(18(30)9-14)22(29-23(28-17)26-11-27-29)13-3-5-15(24)16(25)7-13/h3-7,10-11,14,22H,8-9H2,1-2H3,(H,26,27,28)/t14-,22-/m0/s1. The van der Waals surface area contributed by atoms with Gasteiger partial charge < -0.3 is 14.8 Å². The maximum Gasteiger partial charge on any atom is 0.226 e. The van der Waals surface area contributed by atoms with Crippen LogP contribution in [0.3, 0.4) is 0 Å². The molecule has 2 atom stereocenters. The van der Waals surface area contributed by atoms with Gasteiger partial charge in [-0.25, -0.2) is 4.68 Å². The SMILES string of the molecule is COc1ccc([C@@H]2CC(=O)C3=C(C2)Nc2ncnn2[C@H]3c2ccc(Cl)c(Cl)c2)cc1OC. The number of rotatable bonds is 4. The van der Waals surface area contributed by atoms with E-state index in [1.54, 1.807) is 31.0 Å². The number of methoxy groups -OCH3 is 2. The predicted octanol–water partition coefficient (Wildman–Crippen LogP) is 5.02. The van der Waals surface area contributed by atoms with Gasteiger partial charge in [-0.2, -0.15) is 10.1 Å². The fourth-order valence-corrected chi connectivity index (χ4v) is 4.79. The highest BCUT2D eigenvalue weighted by Crippen LogP contribution is 2.45. The molecular weight excluding hydrogens is 451 g/mol. The summed E-state index contributed by atoms with van der Waals surface area (Å²) in [6.07, 6.45) is 2.50. The molecule has 2 aromatic carbocycles. The van der Waals surface area contributed by atoms with Gasteiger partial charge in [0.25, 0.3) is 0 Å². The van der Waals surface area contributed by atoms with Gasteiger partial charge in [-0.05, 0) is 47.7 Å². The second-order valence-electron chi connectivity index (χ2n) is 7.76. The van der Waals surface area contributed by atoms with E-state index in [1.807, 2.05) is 24.3 Å². The summed E-state index contributed by atoms with van der Waals surface area (Å²) < 4.78 is 12.5. The molecule has 1 aliphatic carbocycles. The van der Waals surface area contributed by atoms with E-state index in [4.69, 9.17) is 32.7 Å². The Kier molecular flexibility index (Phi) is 5.31. The number of fused-ring (bicyclic) bond motifs is 1. The van der Waals surface area contributed by atoms with Crippen molar-refractivity contribution >= 4 is 34.9 Å². The molecule has 0 saturated carbocycles. The van der Waals surface area contributed by atoms with Gasteiger partial charge in [0.2, 0.25) is 5.95 Å². The maximum atomic E-state index is 13.5. The zero-order valence-electron chi connectivity index (χ0n) is 17.4. The first-order valence-electron chi connectivity index (χ1n) is 10.1. The first-order valence-corrected chi connectivity index (χ1v) is 10.9. The molecule has 0 saturated heterocycles. The number of carbonyl (C=O) groups excluding carboxylic acids is 1. The molecule has 0 amide bonds. The van der Waals surface area contributed by atoms with Crippen molar-refractivity contribution < 1.29 is 14.3 Å². The highest BCUT2D eigenvalue weighted by Gasteiger charge is 2.39. The number of allylic oxidation sites excluding steroid dienone is 2. The lowest BCUT2D eigenvalue weighted by Gasteiger charge is -2.35. The van der Waals surface area contributed by atoms with Crippen molar-refractivity contribution in [1.29, 1.82) is 0 Å². The molecule has 0 unspecified atom stereocenters. The number of halogens is 2. The van der Waals surface area contributed by atoms with E-state index < -0.39 is 6.04 Å². The molecule has 0 spiro atoms. The monoisotopic (exact) mass is 470 g/mol. The van der Waals surface area contributed by atoms with Gasteiger partial charge in [-0.3, -0.25) is 4.79 Å². The van der Waals surface area contributed by atoms with Gasteiger partial charge in [0, 0.05) is 17.7 Å². The molecule has 2 heterocycles. The highest BCUT2D eigenvalue weighted by molar-refractivity contribution is 6.42. The van der Waals surface area contributed by atoms with Gasteiger partial charge in [-0.1, -0.05) is 35.3 Å². The Hall–Kier alpha value is -3.03. The molecule has 1 aliphatic heterocycles. The smallest absolute Gasteiger partial charge is 0.226 e. The Morgan fingerprint density at radius 2 is 1.78 bits per heavy atom. The summed E-state index contributed by atoms with van der Waals surface area (Å²) in [7, 11) is 3.20. The number of aromatic nitrogens is 3. The van der Waals surface area contributed by atoms with Crippen molar-refractivity contribution in [2.75, 3.05) is 19.5 Å². The Morgan fingerprint density at radius 3 is 2.53 bits per heavy atom. The molecule has 164 valence electrons. The zero-order chi connectivity index (χ0) is 22.4. The van der Waals surface area contributed by atoms with Crippen LogP contribution in [-0.4, -0.2) is 34.8 Å². The van der Waals surface area contributed by atoms with E-state index in [9.17, 15) is 4.79 Å². The van der Waals surface area contributed by atoms with Crippen LogP contribution >= 0.6 is 23.2 Å². The normalized spacial score (nSPS) is 19.8. The third kappa shape index (κ3) is 3.42. The van der Waals surface area contributed by atoms with Crippen LogP contribution in [-0.2, 0) is 4.79 Å². The number of hydrogen-bond donors (Lipinski definition) is 1. The third-order valence-electron chi connectivity index (χ3n) is 6.00. The van der Waals surface area contributed by atoms with E-state index in [0.717, 1.165) is 16.8 Å². The van der Waals surface area contributed by atoms with Gasteiger partial charge >= 0.3 is 0 Å². The van der Waals surface area contributed by atoms with Gasteiger partial charge in [0.1, 0.15) is 12.4 Å². The number of ketones is 1. The zero-order valence-corrected chi connectivity index (χ0v) is 18.9. The molecule has 0 radical (unpaired) electrons. The van der Waals surface area contributed by atoms with Crippen molar-refractivity contribution in [2.24, 2.45) is 0 Å². The van der Waals surface area contributed by atoms with E-state index in [0.29, 0.717) is 45.9 Å². The second kappa shape index (κ2) is 8.15. The first-order chi connectivity index (χ1) is 15.5. The minimum atomic E-state index is -0.419. The highest BCUT2D eigenvalue weighted by atomic mass is 35.5.